The second-order valence-corrected chi connectivity index (χ2v) is 10.2. The Hall–Kier alpha value is -1.64. The molecule has 0 spiro atoms. The van der Waals surface area contributed by atoms with E-state index in [-0.39, 0.29) is 23.9 Å². The van der Waals surface area contributed by atoms with Gasteiger partial charge in [-0.2, -0.15) is 0 Å². The summed E-state index contributed by atoms with van der Waals surface area (Å²) >= 11 is 5.11. The molecule has 6 nitrogen and oxygen atoms in total. The van der Waals surface area contributed by atoms with Crippen LogP contribution in [0.15, 0.2) is 22.0 Å². The van der Waals surface area contributed by atoms with E-state index in [1.807, 2.05) is 21.6 Å². The molecule has 156 valence electrons. The van der Waals surface area contributed by atoms with Gasteiger partial charge in [-0.3, -0.25) is 9.59 Å². The van der Waals surface area contributed by atoms with Crippen LogP contribution in [0.25, 0.3) is 0 Å². The number of nitrogens with one attached hydrogen (secondary N) is 1. The molecule has 1 fully saturated rings. The molecule has 4 heterocycles. The fraction of sp³-hybridized carbons (Fsp3) is 0.524. The second-order valence-electron chi connectivity index (χ2n) is 7.66. The van der Waals surface area contributed by atoms with Crippen molar-refractivity contribution in [3.63, 3.8) is 0 Å². The minimum atomic E-state index is -0.149. The maximum absolute atomic E-state index is 13.2. The normalized spacial score (nSPS) is 19.8. The van der Waals surface area contributed by atoms with Gasteiger partial charge in [-0.05, 0) is 60.3 Å². The van der Waals surface area contributed by atoms with Crippen LogP contribution in [0.3, 0.4) is 0 Å². The van der Waals surface area contributed by atoms with Crippen molar-refractivity contribution in [1.29, 1.82) is 0 Å². The highest BCUT2D eigenvalue weighted by Gasteiger charge is 2.32. The number of amides is 2. The fourth-order valence-corrected chi connectivity index (χ4v) is 5.76. The van der Waals surface area contributed by atoms with Gasteiger partial charge in [-0.1, -0.05) is 6.92 Å². The summed E-state index contributed by atoms with van der Waals surface area (Å²) < 4.78 is 8.64. The summed E-state index contributed by atoms with van der Waals surface area (Å²) in [6, 6.07) is 5.98. The summed E-state index contributed by atoms with van der Waals surface area (Å²) in [7, 11) is 0. The number of fused-ring (bicyclic) bond motifs is 1. The summed E-state index contributed by atoms with van der Waals surface area (Å²) in [5.41, 5.74) is 1.95. The maximum Gasteiger partial charge on any atom is 0.270 e. The standard InChI is InChI=1S/C21H26BrN3O3S/c1-3-15(18-6-7-19(22)29-18)23-20(26)14-11-16(25-9-10-28-12-17(14)25)21(27)24-8-4-5-13(24)2/h6-7,11,13,15H,3-5,8-10,12H2,1-2H3,(H,23,26)/t13-,15+/m0/s1. The van der Waals surface area contributed by atoms with Gasteiger partial charge in [0.15, 0.2) is 0 Å². The zero-order valence-electron chi connectivity index (χ0n) is 16.7. The molecule has 2 aliphatic rings. The molecule has 8 heteroatoms. The highest BCUT2D eigenvalue weighted by Crippen LogP contribution is 2.30. The van der Waals surface area contributed by atoms with E-state index >= 15 is 0 Å². The lowest BCUT2D eigenvalue weighted by atomic mass is 10.1. The highest BCUT2D eigenvalue weighted by molar-refractivity contribution is 9.11. The third kappa shape index (κ3) is 4.02. The van der Waals surface area contributed by atoms with Crippen LogP contribution in [0, 0.1) is 0 Å². The molecule has 0 aromatic carbocycles. The molecule has 0 radical (unpaired) electrons. The predicted molar refractivity (Wildman–Crippen MR) is 116 cm³/mol. The van der Waals surface area contributed by atoms with Crippen molar-refractivity contribution >= 4 is 39.1 Å². The number of likely N-dealkylation sites (tertiary alicyclic amines) is 1. The molecule has 0 saturated carbocycles. The minimum Gasteiger partial charge on any atom is -0.373 e. The van der Waals surface area contributed by atoms with E-state index in [1.165, 1.54) is 0 Å². The smallest absolute Gasteiger partial charge is 0.270 e. The van der Waals surface area contributed by atoms with Gasteiger partial charge < -0.3 is 19.5 Å². The zero-order chi connectivity index (χ0) is 20.5. The molecule has 29 heavy (non-hydrogen) atoms. The minimum absolute atomic E-state index is 0.0198. The molecule has 2 aliphatic heterocycles. The van der Waals surface area contributed by atoms with Gasteiger partial charge in [-0.25, -0.2) is 0 Å². The Morgan fingerprint density at radius 2 is 2.21 bits per heavy atom. The summed E-state index contributed by atoms with van der Waals surface area (Å²) in [5, 5.41) is 3.15. The Bertz CT molecular complexity index is 922. The third-order valence-electron chi connectivity index (χ3n) is 5.84. The van der Waals surface area contributed by atoms with Crippen molar-refractivity contribution in [1.82, 2.24) is 14.8 Å². The number of hydrogen-bond donors (Lipinski definition) is 1. The Morgan fingerprint density at radius 1 is 1.38 bits per heavy atom. The van der Waals surface area contributed by atoms with Crippen LogP contribution in [0.1, 0.15) is 70.6 Å². The van der Waals surface area contributed by atoms with E-state index in [1.54, 1.807) is 17.4 Å². The third-order valence-corrected chi connectivity index (χ3v) is 7.57. The van der Waals surface area contributed by atoms with Crippen LogP contribution < -0.4 is 5.32 Å². The van der Waals surface area contributed by atoms with Crippen molar-refractivity contribution in [2.45, 2.75) is 58.3 Å². The first-order valence-corrected chi connectivity index (χ1v) is 11.8. The summed E-state index contributed by atoms with van der Waals surface area (Å²) in [6.45, 7) is 6.43. The summed E-state index contributed by atoms with van der Waals surface area (Å²) in [5.74, 6) is -0.129. The lowest BCUT2D eigenvalue weighted by Crippen LogP contribution is -2.35. The molecule has 2 atom stereocenters. The Balaban J connectivity index is 1.62. The largest absolute Gasteiger partial charge is 0.373 e. The van der Waals surface area contributed by atoms with Gasteiger partial charge in [0, 0.05) is 24.0 Å². The molecule has 0 unspecified atom stereocenters. The second kappa shape index (κ2) is 8.62. The number of halogens is 1. The van der Waals surface area contributed by atoms with Gasteiger partial charge in [0.25, 0.3) is 11.8 Å². The number of ether oxygens (including phenoxy) is 1. The van der Waals surface area contributed by atoms with E-state index in [4.69, 9.17) is 4.74 Å². The van der Waals surface area contributed by atoms with Crippen molar-refractivity contribution in [3.8, 4) is 0 Å². The number of carbonyl (C=O) groups is 2. The lowest BCUT2D eigenvalue weighted by molar-refractivity contribution is 0.0683. The van der Waals surface area contributed by atoms with E-state index in [0.29, 0.717) is 31.0 Å². The van der Waals surface area contributed by atoms with E-state index < -0.39 is 0 Å². The quantitative estimate of drug-likeness (QED) is 0.693. The van der Waals surface area contributed by atoms with Crippen molar-refractivity contribution in [3.05, 3.63) is 43.8 Å². The Labute approximate surface area is 183 Å². The number of hydrogen-bond acceptors (Lipinski definition) is 4. The van der Waals surface area contributed by atoms with Crippen LogP contribution in [0.4, 0.5) is 0 Å². The monoisotopic (exact) mass is 479 g/mol. The molecule has 2 amide bonds. The number of aromatic nitrogens is 1. The topological polar surface area (TPSA) is 63.6 Å². The SMILES string of the molecule is CC[C@@H](NC(=O)c1cc(C(=O)N2CCC[C@@H]2C)n2c1COCC2)c1ccc(Br)s1. The number of rotatable bonds is 5. The van der Waals surface area contributed by atoms with E-state index in [0.717, 1.165) is 40.2 Å². The fourth-order valence-electron chi connectivity index (χ4n) is 4.21. The average molecular weight is 480 g/mol. The van der Waals surface area contributed by atoms with Crippen molar-refractivity contribution < 1.29 is 14.3 Å². The molecule has 1 saturated heterocycles. The Kier molecular flexibility index (Phi) is 6.13. The predicted octanol–water partition coefficient (Wildman–Crippen LogP) is 4.35. The van der Waals surface area contributed by atoms with Crippen molar-refractivity contribution in [2.75, 3.05) is 13.2 Å². The summed E-state index contributed by atoms with van der Waals surface area (Å²) in [6.07, 6.45) is 2.86. The summed E-state index contributed by atoms with van der Waals surface area (Å²) in [4.78, 5) is 29.4. The highest BCUT2D eigenvalue weighted by atomic mass is 79.9. The molecule has 2 aromatic rings. The molecule has 2 aromatic heterocycles. The first-order chi connectivity index (χ1) is 14.0. The molecular weight excluding hydrogens is 454 g/mol. The molecule has 4 rings (SSSR count). The van der Waals surface area contributed by atoms with Gasteiger partial charge in [-0.15, -0.1) is 11.3 Å². The maximum atomic E-state index is 13.2. The van der Waals surface area contributed by atoms with Crippen LogP contribution in [0.2, 0.25) is 0 Å². The van der Waals surface area contributed by atoms with Gasteiger partial charge >= 0.3 is 0 Å². The van der Waals surface area contributed by atoms with Crippen LogP contribution in [-0.4, -0.2) is 40.5 Å². The first kappa shape index (κ1) is 20.6. The van der Waals surface area contributed by atoms with Gasteiger partial charge in [0.2, 0.25) is 0 Å². The molecule has 0 bridgehead atoms. The average Bonchev–Trinajstić information content (AvgIpc) is 3.43. The van der Waals surface area contributed by atoms with Crippen molar-refractivity contribution in [2.24, 2.45) is 0 Å². The van der Waals surface area contributed by atoms with Gasteiger partial charge in [0.1, 0.15) is 5.69 Å². The number of nitrogens with zero attached hydrogens (tertiary/aromatic N) is 2. The molecular formula is C21H26BrN3O3S. The number of thiophene rings is 1. The van der Waals surface area contributed by atoms with E-state index in [9.17, 15) is 9.59 Å². The number of carbonyl (C=O) groups excluding carboxylic acids is 2. The van der Waals surface area contributed by atoms with Crippen LogP contribution >= 0.6 is 27.3 Å². The lowest BCUT2D eigenvalue weighted by Gasteiger charge is -2.24. The first-order valence-electron chi connectivity index (χ1n) is 10.2. The van der Waals surface area contributed by atoms with E-state index in [2.05, 4.69) is 35.1 Å². The molecule has 1 N–H and O–H groups in total. The van der Waals surface area contributed by atoms with Crippen LogP contribution in [0.5, 0.6) is 0 Å². The van der Waals surface area contributed by atoms with Crippen LogP contribution in [-0.2, 0) is 17.9 Å². The molecule has 0 aliphatic carbocycles. The zero-order valence-corrected chi connectivity index (χ0v) is 19.1. The Morgan fingerprint density at radius 3 is 2.86 bits per heavy atom. The van der Waals surface area contributed by atoms with Gasteiger partial charge in [0.05, 0.1) is 34.3 Å².